The molecular weight excluding hydrogens is 350 g/mol. The third-order valence-electron chi connectivity index (χ3n) is 5.29. The van der Waals surface area contributed by atoms with E-state index in [1.165, 1.54) is 50.4 Å². The Morgan fingerprint density at radius 1 is 0.379 bits per heavy atom. The van der Waals surface area contributed by atoms with Crippen molar-refractivity contribution in [2.24, 2.45) is 0 Å². The van der Waals surface area contributed by atoms with Gasteiger partial charge in [-0.05, 0) is 80.8 Å². The molecule has 0 amide bonds. The lowest BCUT2D eigenvalue weighted by Gasteiger charge is -2.27. The van der Waals surface area contributed by atoms with Crippen molar-refractivity contribution in [3.05, 3.63) is 113 Å². The van der Waals surface area contributed by atoms with Gasteiger partial charge in [0.25, 0.3) is 0 Å². The zero-order valence-corrected chi connectivity index (χ0v) is 17.6. The number of hydrogen-bond acceptors (Lipinski definition) is 1. The van der Waals surface area contributed by atoms with Crippen LogP contribution in [0.3, 0.4) is 0 Å². The van der Waals surface area contributed by atoms with E-state index in [1.54, 1.807) is 0 Å². The summed E-state index contributed by atoms with van der Waals surface area (Å²) in [7, 11) is 0. The second-order valence-corrected chi connectivity index (χ2v) is 7.93. The average Bonchev–Trinajstić information content (AvgIpc) is 2.71. The molecule has 1 nitrogen and oxygen atoms in total. The summed E-state index contributed by atoms with van der Waals surface area (Å²) >= 11 is 0. The van der Waals surface area contributed by atoms with E-state index in [4.69, 9.17) is 0 Å². The molecule has 0 fully saturated rings. The lowest BCUT2D eigenvalue weighted by molar-refractivity contribution is 1.26. The highest BCUT2D eigenvalue weighted by molar-refractivity contribution is 5.80. The lowest BCUT2D eigenvalue weighted by Crippen LogP contribution is -2.10. The van der Waals surface area contributed by atoms with Crippen LogP contribution in [-0.4, -0.2) is 0 Å². The molecule has 0 unspecified atom stereocenters. The molecule has 0 atom stereocenters. The summed E-state index contributed by atoms with van der Waals surface area (Å²) in [5.41, 5.74) is 11.1. The van der Waals surface area contributed by atoms with Crippen molar-refractivity contribution in [3.63, 3.8) is 0 Å². The van der Waals surface area contributed by atoms with E-state index in [1.807, 2.05) is 0 Å². The smallest absolute Gasteiger partial charge is 0.0470 e. The van der Waals surface area contributed by atoms with Gasteiger partial charge in [-0.2, -0.15) is 0 Å². The second kappa shape index (κ2) is 7.97. The number of rotatable bonds is 4. The molecule has 1 heteroatoms. The molecular formula is C28H27N. The number of aryl methyl sites for hydroxylation is 4. The first-order valence-corrected chi connectivity index (χ1v) is 10.1. The monoisotopic (exact) mass is 377 g/mol. The third kappa shape index (κ3) is 4.25. The molecule has 0 saturated carbocycles. The molecule has 0 aliphatic rings. The number of benzene rings is 4. The van der Waals surface area contributed by atoms with Gasteiger partial charge in [0.05, 0.1) is 0 Å². The van der Waals surface area contributed by atoms with Gasteiger partial charge in [-0.15, -0.1) is 0 Å². The Morgan fingerprint density at radius 2 is 0.828 bits per heavy atom. The van der Waals surface area contributed by atoms with Gasteiger partial charge < -0.3 is 4.90 Å². The molecule has 0 heterocycles. The first kappa shape index (κ1) is 19.0. The standard InChI is InChI=1S/C28H27N/c1-20-5-11-24(12-6-20)25-17-23(4)18-28(19-25)29(26-13-7-21(2)8-14-26)27-15-9-22(3)10-16-27/h5-19H,1-4H3. The van der Waals surface area contributed by atoms with Gasteiger partial charge >= 0.3 is 0 Å². The van der Waals surface area contributed by atoms with Crippen LogP contribution in [-0.2, 0) is 0 Å². The topological polar surface area (TPSA) is 3.24 Å². The van der Waals surface area contributed by atoms with Crippen molar-refractivity contribution >= 4 is 17.1 Å². The van der Waals surface area contributed by atoms with Crippen LogP contribution in [0.4, 0.5) is 17.1 Å². The molecule has 4 aromatic carbocycles. The molecule has 29 heavy (non-hydrogen) atoms. The molecule has 0 spiro atoms. The normalized spacial score (nSPS) is 10.8. The van der Waals surface area contributed by atoms with Crippen LogP contribution in [0, 0.1) is 27.7 Å². The second-order valence-electron chi connectivity index (χ2n) is 7.93. The minimum atomic E-state index is 1.17. The first-order chi connectivity index (χ1) is 14.0. The summed E-state index contributed by atoms with van der Waals surface area (Å²) in [6.07, 6.45) is 0. The van der Waals surface area contributed by atoms with Gasteiger partial charge in [-0.3, -0.25) is 0 Å². The highest BCUT2D eigenvalue weighted by Gasteiger charge is 2.14. The highest BCUT2D eigenvalue weighted by Crippen LogP contribution is 2.37. The van der Waals surface area contributed by atoms with Crippen molar-refractivity contribution in [2.75, 3.05) is 4.90 Å². The summed E-state index contributed by atoms with van der Waals surface area (Å²) in [5.74, 6) is 0. The summed E-state index contributed by atoms with van der Waals surface area (Å²) in [6, 6.07) is 33.1. The maximum atomic E-state index is 2.34. The van der Waals surface area contributed by atoms with Crippen molar-refractivity contribution in [1.82, 2.24) is 0 Å². The largest absolute Gasteiger partial charge is 0.310 e. The molecule has 4 rings (SSSR count). The SMILES string of the molecule is Cc1ccc(-c2cc(C)cc(N(c3ccc(C)cc3)c3ccc(C)cc3)c2)cc1. The van der Waals surface area contributed by atoms with Crippen LogP contribution in [0.25, 0.3) is 11.1 Å². The molecule has 0 saturated heterocycles. The van der Waals surface area contributed by atoms with E-state index in [2.05, 4.69) is 124 Å². The van der Waals surface area contributed by atoms with Crippen LogP contribution < -0.4 is 4.90 Å². The van der Waals surface area contributed by atoms with E-state index in [9.17, 15) is 0 Å². The van der Waals surface area contributed by atoms with Crippen LogP contribution in [0.15, 0.2) is 91.0 Å². The van der Waals surface area contributed by atoms with E-state index >= 15 is 0 Å². The third-order valence-corrected chi connectivity index (χ3v) is 5.29. The van der Waals surface area contributed by atoms with Crippen molar-refractivity contribution < 1.29 is 0 Å². The number of hydrogen-bond donors (Lipinski definition) is 0. The minimum absolute atomic E-state index is 1.17. The number of nitrogens with zero attached hydrogens (tertiary/aromatic N) is 1. The molecule has 0 bridgehead atoms. The van der Waals surface area contributed by atoms with Crippen molar-refractivity contribution in [1.29, 1.82) is 0 Å². The summed E-state index contributed by atoms with van der Waals surface area (Å²) in [4.78, 5) is 2.34. The van der Waals surface area contributed by atoms with Gasteiger partial charge in [0.1, 0.15) is 0 Å². The van der Waals surface area contributed by atoms with Crippen LogP contribution >= 0.6 is 0 Å². The average molecular weight is 378 g/mol. The van der Waals surface area contributed by atoms with Gasteiger partial charge in [-0.25, -0.2) is 0 Å². The maximum absolute atomic E-state index is 2.34. The molecule has 0 aliphatic carbocycles. The van der Waals surface area contributed by atoms with Crippen LogP contribution in [0.1, 0.15) is 22.3 Å². The zero-order chi connectivity index (χ0) is 20.4. The highest BCUT2D eigenvalue weighted by atomic mass is 15.1. The predicted octanol–water partition coefficient (Wildman–Crippen LogP) is 8.06. The molecule has 0 aromatic heterocycles. The van der Waals surface area contributed by atoms with E-state index in [0.29, 0.717) is 0 Å². The predicted molar refractivity (Wildman–Crippen MR) is 126 cm³/mol. The van der Waals surface area contributed by atoms with E-state index in [-0.39, 0.29) is 0 Å². The Morgan fingerprint density at radius 3 is 1.31 bits per heavy atom. The molecule has 4 aromatic rings. The van der Waals surface area contributed by atoms with Crippen LogP contribution in [0.5, 0.6) is 0 Å². The quantitative estimate of drug-likeness (QED) is 0.347. The summed E-state index contributed by atoms with van der Waals surface area (Å²) in [5, 5.41) is 0. The Labute approximate surface area is 174 Å². The molecule has 144 valence electrons. The van der Waals surface area contributed by atoms with Gasteiger partial charge in [-0.1, -0.05) is 71.3 Å². The van der Waals surface area contributed by atoms with E-state index in [0.717, 1.165) is 0 Å². The summed E-state index contributed by atoms with van der Waals surface area (Å²) < 4.78 is 0. The minimum Gasteiger partial charge on any atom is -0.310 e. The zero-order valence-electron chi connectivity index (χ0n) is 17.6. The van der Waals surface area contributed by atoms with Gasteiger partial charge in [0.15, 0.2) is 0 Å². The van der Waals surface area contributed by atoms with Gasteiger partial charge in [0.2, 0.25) is 0 Å². The van der Waals surface area contributed by atoms with E-state index < -0.39 is 0 Å². The van der Waals surface area contributed by atoms with Crippen molar-refractivity contribution in [3.8, 4) is 11.1 Å². The Balaban J connectivity index is 1.87. The maximum Gasteiger partial charge on any atom is 0.0470 e. The molecule has 0 radical (unpaired) electrons. The fourth-order valence-electron chi connectivity index (χ4n) is 3.64. The molecule has 0 N–H and O–H groups in total. The Kier molecular flexibility index (Phi) is 5.22. The Bertz CT molecular complexity index is 1060. The fraction of sp³-hybridized carbons (Fsp3) is 0.143. The fourth-order valence-corrected chi connectivity index (χ4v) is 3.64. The molecule has 0 aliphatic heterocycles. The first-order valence-electron chi connectivity index (χ1n) is 10.1. The Hall–Kier alpha value is -3.32. The lowest BCUT2D eigenvalue weighted by atomic mass is 10.0. The summed E-state index contributed by atoms with van der Waals surface area (Å²) in [6.45, 7) is 8.55. The number of anilines is 3. The van der Waals surface area contributed by atoms with Gasteiger partial charge in [0, 0.05) is 17.1 Å². The van der Waals surface area contributed by atoms with Crippen LogP contribution in [0.2, 0.25) is 0 Å². The van der Waals surface area contributed by atoms with Crippen molar-refractivity contribution in [2.45, 2.75) is 27.7 Å².